The highest BCUT2D eigenvalue weighted by Crippen LogP contribution is 2.23. The molecule has 5 heteroatoms. The molecule has 0 spiro atoms. The number of carbonyl (C=O) groups is 1. The predicted octanol–water partition coefficient (Wildman–Crippen LogP) is 1.67. The Hall–Kier alpha value is -1.75. The highest BCUT2D eigenvalue weighted by molar-refractivity contribution is 5.81. The van der Waals surface area contributed by atoms with E-state index in [1.54, 1.807) is 7.11 Å². The van der Waals surface area contributed by atoms with Crippen molar-refractivity contribution in [1.29, 1.82) is 0 Å². The standard InChI is InChI=1S/C16H24N2O3/c1-4-8-17-16(19)12(2)18-10-15(11-18)21-14-7-5-6-13(9-14)20-3/h5-7,9,12,15H,4,8,10-11H2,1-3H3,(H,17,19)/t12-/m0/s1. The van der Waals surface area contributed by atoms with Gasteiger partial charge in [-0.3, -0.25) is 9.69 Å². The van der Waals surface area contributed by atoms with Gasteiger partial charge >= 0.3 is 0 Å². The Bertz CT molecular complexity index is 472. The summed E-state index contributed by atoms with van der Waals surface area (Å²) in [5, 5.41) is 2.92. The molecule has 116 valence electrons. The largest absolute Gasteiger partial charge is 0.497 e. The first-order valence-corrected chi connectivity index (χ1v) is 7.46. The number of carbonyl (C=O) groups excluding carboxylic acids is 1. The van der Waals surface area contributed by atoms with Crippen LogP contribution >= 0.6 is 0 Å². The summed E-state index contributed by atoms with van der Waals surface area (Å²) in [5.74, 6) is 1.69. The lowest BCUT2D eigenvalue weighted by Crippen LogP contribution is -2.60. The molecule has 1 aliphatic heterocycles. The van der Waals surface area contributed by atoms with E-state index in [9.17, 15) is 4.79 Å². The predicted molar refractivity (Wildman–Crippen MR) is 81.7 cm³/mol. The maximum absolute atomic E-state index is 11.9. The van der Waals surface area contributed by atoms with Gasteiger partial charge in [0, 0.05) is 25.7 Å². The van der Waals surface area contributed by atoms with Crippen molar-refractivity contribution in [2.75, 3.05) is 26.7 Å². The molecule has 1 aromatic carbocycles. The van der Waals surface area contributed by atoms with E-state index in [1.807, 2.05) is 38.1 Å². The molecular formula is C16H24N2O3. The Morgan fingerprint density at radius 2 is 2.14 bits per heavy atom. The summed E-state index contributed by atoms with van der Waals surface area (Å²) in [6.07, 6.45) is 1.10. The van der Waals surface area contributed by atoms with E-state index >= 15 is 0 Å². The van der Waals surface area contributed by atoms with E-state index in [4.69, 9.17) is 9.47 Å². The van der Waals surface area contributed by atoms with E-state index in [-0.39, 0.29) is 18.1 Å². The maximum Gasteiger partial charge on any atom is 0.237 e. The molecule has 0 saturated carbocycles. The van der Waals surface area contributed by atoms with Crippen molar-refractivity contribution >= 4 is 5.91 Å². The highest BCUT2D eigenvalue weighted by atomic mass is 16.5. The molecule has 0 unspecified atom stereocenters. The summed E-state index contributed by atoms with van der Waals surface area (Å²) < 4.78 is 11.1. The van der Waals surface area contributed by atoms with Crippen molar-refractivity contribution in [3.8, 4) is 11.5 Å². The number of amides is 1. The van der Waals surface area contributed by atoms with Crippen molar-refractivity contribution < 1.29 is 14.3 Å². The maximum atomic E-state index is 11.9. The van der Waals surface area contributed by atoms with Crippen molar-refractivity contribution in [1.82, 2.24) is 10.2 Å². The van der Waals surface area contributed by atoms with Gasteiger partial charge in [-0.25, -0.2) is 0 Å². The number of likely N-dealkylation sites (tertiary alicyclic amines) is 1. The molecule has 1 aromatic rings. The normalized spacial score (nSPS) is 16.9. The van der Waals surface area contributed by atoms with Gasteiger partial charge < -0.3 is 14.8 Å². The van der Waals surface area contributed by atoms with Gasteiger partial charge in [-0.1, -0.05) is 13.0 Å². The zero-order chi connectivity index (χ0) is 15.2. The van der Waals surface area contributed by atoms with Crippen LogP contribution < -0.4 is 14.8 Å². The molecule has 1 N–H and O–H groups in total. The molecule has 0 radical (unpaired) electrons. The minimum absolute atomic E-state index is 0.0941. The van der Waals surface area contributed by atoms with Gasteiger partial charge in [0.25, 0.3) is 0 Å². The number of ether oxygens (including phenoxy) is 2. The van der Waals surface area contributed by atoms with Gasteiger partial charge in [0.2, 0.25) is 5.91 Å². The van der Waals surface area contributed by atoms with Gasteiger partial charge in [0.15, 0.2) is 0 Å². The number of hydrogen-bond acceptors (Lipinski definition) is 4. The molecule has 1 atom stereocenters. The second-order valence-electron chi connectivity index (χ2n) is 5.34. The van der Waals surface area contributed by atoms with Crippen LogP contribution in [0.5, 0.6) is 11.5 Å². The number of rotatable bonds is 7. The van der Waals surface area contributed by atoms with Gasteiger partial charge in [-0.2, -0.15) is 0 Å². The van der Waals surface area contributed by atoms with E-state index in [2.05, 4.69) is 10.2 Å². The molecule has 2 rings (SSSR count). The Labute approximate surface area is 126 Å². The Balaban J connectivity index is 1.77. The summed E-state index contributed by atoms with van der Waals surface area (Å²) in [6.45, 7) is 6.27. The van der Waals surface area contributed by atoms with Crippen LogP contribution in [0.3, 0.4) is 0 Å². The summed E-state index contributed by atoms with van der Waals surface area (Å²) in [7, 11) is 1.64. The fraction of sp³-hybridized carbons (Fsp3) is 0.562. The van der Waals surface area contributed by atoms with Gasteiger partial charge in [-0.15, -0.1) is 0 Å². The average molecular weight is 292 g/mol. The second-order valence-corrected chi connectivity index (χ2v) is 5.34. The second kappa shape index (κ2) is 7.31. The first-order chi connectivity index (χ1) is 10.1. The molecule has 1 heterocycles. The Morgan fingerprint density at radius 3 is 2.81 bits per heavy atom. The number of methoxy groups -OCH3 is 1. The lowest BCUT2D eigenvalue weighted by atomic mass is 10.1. The van der Waals surface area contributed by atoms with E-state index < -0.39 is 0 Å². The van der Waals surface area contributed by atoms with Crippen LogP contribution in [0.4, 0.5) is 0 Å². The summed E-state index contributed by atoms with van der Waals surface area (Å²) >= 11 is 0. The molecule has 1 aliphatic rings. The number of benzene rings is 1. The van der Waals surface area contributed by atoms with Crippen molar-refractivity contribution in [2.45, 2.75) is 32.4 Å². The van der Waals surface area contributed by atoms with Gasteiger partial charge in [-0.05, 0) is 25.5 Å². The molecule has 0 bridgehead atoms. The smallest absolute Gasteiger partial charge is 0.237 e. The first-order valence-electron chi connectivity index (χ1n) is 7.46. The third kappa shape index (κ3) is 4.11. The van der Waals surface area contributed by atoms with Gasteiger partial charge in [0.05, 0.1) is 13.2 Å². The SMILES string of the molecule is CCCNC(=O)[C@H](C)N1CC(Oc2cccc(OC)c2)C1. The molecular weight excluding hydrogens is 268 g/mol. The molecule has 5 nitrogen and oxygen atoms in total. The van der Waals surface area contributed by atoms with Crippen LogP contribution in [-0.4, -0.2) is 49.7 Å². The van der Waals surface area contributed by atoms with Crippen LogP contribution in [0, 0.1) is 0 Å². The summed E-state index contributed by atoms with van der Waals surface area (Å²) in [5.41, 5.74) is 0. The quantitative estimate of drug-likeness (QED) is 0.830. The third-order valence-electron chi connectivity index (χ3n) is 3.70. The zero-order valence-electron chi connectivity index (χ0n) is 13.0. The number of hydrogen-bond donors (Lipinski definition) is 1. The monoisotopic (exact) mass is 292 g/mol. The van der Waals surface area contributed by atoms with Crippen LogP contribution in [0.25, 0.3) is 0 Å². The van der Waals surface area contributed by atoms with E-state index in [1.165, 1.54) is 0 Å². The Morgan fingerprint density at radius 1 is 1.43 bits per heavy atom. The summed E-state index contributed by atoms with van der Waals surface area (Å²) in [4.78, 5) is 14.0. The van der Waals surface area contributed by atoms with E-state index in [0.717, 1.165) is 37.6 Å². The molecule has 0 aromatic heterocycles. The molecule has 21 heavy (non-hydrogen) atoms. The highest BCUT2D eigenvalue weighted by Gasteiger charge is 2.34. The van der Waals surface area contributed by atoms with Crippen LogP contribution in [0.2, 0.25) is 0 Å². The minimum Gasteiger partial charge on any atom is -0.497 e. The Kier molecular flexibility index (Phi) is 5.44. The van der Waals surface area contributed by atoms with Crippen molar-refractivity contribution in [3.05, 3.63) is 24.3 Å². The van der Waals surface area contributed by atoms with Crippen molar-refractivity contribution in [2.24, 2.45) is 0 Å². The third-order valence-corrected chi connectivity index (χ3v) is 3.70. The fourth-order valence-electron chi connectivity index (χ4n) is 2.29. The lowest BCUT2D eigenvalue weighted by Gasteiger charge is -2.42. The van der Waals surface area contributed by atoms with Crippen molar-refractivity contribution in [3.63, 3.8) is 0 Å². The summed E-state index contributed by atoms with van der Waals surface area (Å²) in [6, 6.07) is 7.50. The molecule has 1 amide bonds. The minimum atomic E-state index is -0.0956. The average Bonchev–Trinajstić information content (AvgIpc) is 2.47. The fourth-order valence-corrected chi connectivity index (χ4v) is 2.29. The molecule has 1 fully saturated rings. The topological polar surface area (TPSA) is 50.8 Å². The number of nitrogens with zero attached hydrogens (tertiary/aromatic N) is 1. The number of nitrogens with one attached hydrogen (secondary N) is 1. The zero-order valence-corrected chi connectivity index (χ0v) is 13.0. The molecule has 0 aliphatic carbocycles. The van der Waals surface area contributed by atoms with E-state index in [0.29, 0.717) is 0 Å². The lowest BCUT2D eigenvalue weighted by molar-refractivity contribution is -0.129. The molecule has 1 saturated heterocycles. The van der Waals surface area contributed by atoms with Crippen LogP contribution in [0.15, 0.2) is 24.3 Å². The van der Waals surface area contributed by atoms with Crippen LogP contribution in [-0.2, 0) is 4.79 Å². The van der Waals surface area contributed by atoms with Crippen LogP contribution in [0.1, 0.15) is 20.3 Å². The van der Waals surface area contributed by atoms with Gasteiger partial charge in [0.1, 0.15) is 17.6 Å². The first kappa shape index (κ1) is 15.6.